The van der Waals surface area contributed by atoms with Crippen molar-refractivity contribution < 1.29 is 19.0 Å². The summed E-state index contributed by atoms with van der Waals surface area (Å²) >= 11 is 0. The monoisotopic (exact) mass is 433 g/mol. The largest absolute Gasteiger partial charge is 0.493 e. The van der Waals surface area contributed by atoms with E-state index in [0.29, 0.717) is 50.0 Å². The van der Waals surface area contributed by atoms with Crippen LogP contribution in [0.5, 0.6) is 11.5 Å². The third kappa shape index (κ3) is 4.84. The molecule has 0 saturated carbocycles. The zero-order valence-electron chi connectivity index (χ0n) is 18.6. The summed E-state index contributed by atoms with van der Waals surface area (Å²) in [6, 6.07) is 5.16. The van der Waals surface area contributed by atoms with E-state index in [0.717, 1.165) is 18.7 Å². The molecule has 0 spiro atoms. The number of aromatic nitrogens is 3. The van der Waals surface area contributed by atoms with E-state index in [1.54, 1.807) is 41.9 Å². The minimum atomic E-state index is -0.191. The van der Waals surface area contributed by atoms with E-state index in [9.17, 15) is 9.59 Å². The van der Waals surface area contributed by atoms with Gasteiger partial charge in [0.2, 0.25) is 0 Å². The number of amides is 2. The Kier molecular flexibility index (Phi) is 7.56. The van der Waals surface area contributed by atoms with Crippen molar-refractivity contribution in [2.45, 2.75) is 38.8 Å². The lowest BCUT2D eigenvalue weighted by Gasteiger charge is -2.31. The highest BCUT2D eigenvalue weighted by Crippen LogP contribution is 2.35. The molecule has 170 valence electrons. The van der Waals surface area contributed by atoms with Gasteiger partial charge in [0, 0.05) is 32.7 Å². The van der Waals surface area contributed by atoms with Gasteiger partial charge in [-0.25, -0.2) is 14.3 Å². The Morgan fingerprint density at radius 3 is 2.55 bits per heavy atom. The number of piperidine rings is 1. The summed E-state index contributed by atoms with van der Waals surface area (Å²) in [5, 5.41) is 7.47. The number of likely N-dealkylation sites (tertiary alicyclic amines) is 1. The first kappa shape index (κ1) is 22.7. The summed E-state index contributed by atoms with van der Waals surface area (Å²) in [5.74, 6) is 1.97. The van der Waals surface area contributed by atoms with Crippen LogP contribution in [0.4, 0.5) is 10.5 Å². The number of para-hydroxylation sites is 1. The third-order valence-electron chi connectivity index (χ3n) is 5.57. The van der Waals surface area contributed by atoms with Gasteiger partial charge in [0.1, 0.15) is 5.82 Å². The van der Waals surface area contributed by atoms with Crippen molar-refractivity contribution in [1.29, 1.82) is 0 Å². The van der Waals surface area contributed by atoms with Crippen LogP contribution < -0.4 is 20.5 Å². The fraction of sp³-hybridized carbons (Fsp3) is 0.571. The van der Waals surface area contributed by atoms with Crippen LogP contribution in [-0.4, -0.2) is 66.3 Å². The molecule has 0 atom stereocenters. The van der Waals surface area contributed by atoms with Crippen LogP contribution in [-0.2, 0) is 17.8 Å². The number of nitrogens with one attached hydrogen (secondary N) is 1. The highest BCUT2D eigenvalue weighted by Gasteiger charge is 2.28. The second kappa shape index (κ2) is 10.3. The normalized spacial score (nSPS) is 14.5. The molecule has 1 saturated heterocycles. The highest BCUT2D eigenvalue weighted by atomic mass is 16.5. The first-order chi connectivity index (χ1) is 15.0. The predicted octanol–water partition coefficient (Wildman–Crippen LogP) is 2.14. The van der Waals surface area contributed by atoms with Gasteiger partial charge in [-0.3, -0.25) is 4.57 Å². The minimum absolute atomic E-state index is 0.111. The van der Waals surface area contributed by atoms with Crippen molar-refractivity contribution in [2.24, 2.45) is 0 Å². The van der Waals surface area contributed by atoms with Crippen LogP contribution in [0.15, 0.2) is 23.0 Å². The molecule has 0 unspecified atom stereocenters. The molecule has 1 aromatic heterocycles. The molecule has 0 bridgehead atoms. The summed E-state index contributed by atoms with van der Waals surface area (Å²) < 4.78 is 18.9. The second-order valence-corrected chi connectivity index (χ2v) is 7.33. The van der Waals surface area contributed by atoms with E-state index in [2.05, 4.69) is 10.4 Å². The molecule has 31 heavy (non-hydrogen) atoms. The molecule has 1 aromatic carbocycles. The number of benzene rings is 1. The molecule has 10 nitrogen and oxygen atoms in total. The number of ether oxygens (including phenoxy) is 3. The van der Waals surface area contributed by atoms with Crippen LogP contribution in [0, 0.1) is 0 Å². The Hall–Kier alpha value is -3.01. The molecular formula is C21H31N5O5. The van der Waals surface area contributed by atoms with E-state index in [4.69, 9.17) is 14.2 Å². The lowest BCUT2D eigenvalue weighted by molar-refractivity contribution is 0.181. The first-order valence-electron chi connectivity index (χ1n) is 10.5. The topological polar surface area (TPSA) is 99.9 Å². The van der Waals surface area contributed by atoms with Gasteiger partial charge >= 0.3 is 11.7 Å². The summed E-state index contributed by atoms with van der Waals surface area (Å²) in [4.78, 5) is 27.1. The SMILES string of the molecule is CCn1c(C2CCN(C(=O)Nc3cccc(OC)c3OC)CC2)nn(CCOC)c1=O. The van der Waals surface area contributed by atoms with Crippen molar-refractivity contribution in [1.82, 2.24) is 19.2 Å². The van der Waals surface area contributed by atoms with E-state index in [-0.39, 0.29) is 17.6 Å². The number of rotatable bonds is 8. The highest BCUT2D eigenvalue weighted by molar-refractivity contribution is 5.91. The Bertz CT molecular complexity index is 946. The number of hydrogen-bond donors (Lipinski definition) is 1. The molecule has 1 fully saturated rings. The molecule has 1 aliphatic heterocycles. The maximum absolute atomic E-state index is 12.8. The molecular weight excluding hydrogens is 402 g/mol. The Balaban J connectivity index is 1.66. The fourth-order valence-corrected chi connectivity index (χ4v) is 3.90. The standard InChI is InChI=1S/C21H31N5O5/c1-5-25-19(23-26(21(25)28)13-14-29-2)15-9-11-24(12-10-15)20(27)22-16-7-6-8-17(30-3)18(16)31-4/h6-8,15H,5,9-14H2,1-4H3,(H,22,27). The van der Waals surface area contributed by atoms with Gasteiger partial charge in [-0.05, 0) is 31.9 Å². The number of carbonyl (C=O) groups is 1. The van der Waals surface area contributed by atoms with Crippen molar-refractivity contribution in [2.75, 3.05) is 46.3 Å². The Labute approximate surface area is 181 Å². The molecule has 0 radical (unpaired) electrons. The van der Waals surface area contributed by atoms with E-state index >= 15 is 0 Å². The summed E-state index contributed by atoms with van der Waals surface area (Å²) in [5.41, 5.74) is 0.450. The van der Waals surface area contributed by atoms with Gasteiger partial charge in [0.15, 0.2) is 11.5 Å². The second-order valence-electron chi connectivity index (χ2n) is 7.33. The number of carbonyl (C=O) groups excluding carboxylic acids is 1. The molecule has 1 aliphatic rings. The summed E-state index contributed by atoms with van der Waals surface area (Å²) in [6.45, 7) is 4.53. The summed E-state index contributed by atoms with van der Waals surface area (Å²) in [6.07, 6.45) is 1.48. The van der Waals surface area contributed by atoms with Crippen LogP contribution in [0.1, 0.15) is 31.5 Å². The number of anilines is 1. The molecule has 0 aliphatic carbocycles. The van der Waals surface area contributed by atoms with Crippen LogP contribution in [0.3, 0.4) is 0 Å². The van der Waals surface area contributed by atoms with Crippen molar-refractivity contribution in [3.05, 3.63) is 34.5 Å². The van der Waals surface area contributed by atoms with E-state index in [1.807, 2.05) is 6.92 Å². The minimum Gasteiger partial charge on any atom is -0.493 e. The Morgan fingerprint density at radius 1 is 1.19 bits per heavy atom. The van der Waals surface area contributed by atoms with Crippen LogP contribution in [0.2, 0.25) is 0 Å². The Morgan fingerprint density at radius 2 is 1.94 bits per heavy atom. The van der Waals surface area contributed by atoms with Gasteiger partial charge in [-0.15, -0.1) is 0 Å². The molecule has 2 heterocycles. The number of urea groups is 1. The van der Waals surface area contributed by atoms with Gasteiger partial charge < -0.3 is 24.4 Å². The van der Waals surface area contributed by atoms with Crippen molar-refractivity contribution in [3.8, 4) is 11.5 Å². The van der Waals surface area contributed by atoms with E-state index < -0.39 is 0 Å². The van der Waals surface area contributed by atoms with Crippen LogP contribution >= 0.6 is 0 Å². The average Bonchev–Trinajstić information content (AvgIpc) is 3.12. The number of methoxy groups -OCH3 is 3. The van der Waals surface area contributed by atoms with Gasteiger partial charge in [0.25, 0.3) is 0 Å². The number of hydrogen-bond acceptors (Lipinski definition) is 6. The van der Waals surface area contributed by atoms with Crippen molar-refractivity contribution >= 4 is 11.7 Å². The van der Waals surface area contributed by atoms with Crippen molar-refractivity contribution in [3.63, 3.8) is 0 Å². The molecule has 2 aromatic rings. The zero-order valence-corrected chi connectivity index (χ0v) is 18.6. The van der Waals surface area contributed by atoms with Crippen LogP contribution in [0.25, 0.3) is 0 Å². The third-order valence-corrected chi connectivity index (χ3v) is 5.57. The predicted molar refractivity (Wildman–Crippen MR) is 116 cm³/mol. The summed E-state index contributed by atoms with van der Waals surface area (Å²) in [7, 11) is 4.70. The van der Waals surface area contributed by atoms with Gasteiger partial charge in [0.05, 0.1) is 33.1 Å². The lowest BCUT2D eigenvalue weighted by atomic mass is 9.96. The maximum Gasteiger partial charge on any atom is 0.345 e. The fourth-order valence-electron chi connectivity index (χ4n) is 3.90. The number of nitrogens with zero attached hydrogens (tertiary/aromatic N) is 4. The first-order valence-corrected chi connectivity index (χ1v) is 10.5. The zero-order chi connectivity index (χ0) is 22.4. The molecule has 10 heteroatoms. The van der Waals surface area contributed by atoms with E-state index in [1.165, 1.54) is 11.8 Å². The van der Waals surface area contributed by atoms with Gasteiger partial charge in [-0.2, -0.15) is 5.10 Å². The smallest absolute Gasteiger partial charge is 0.345 e. The van der Waals surface area contributed by atoms with Gasteiger partial charge in [-0.1, -0.05) is 6.07 Å². The molecule has 1 N–H and O–H groups in total. The lowest BCUT2D eigenvalue weighted by Crippen LogP contribution is -2.41. The average molecular weight is 434 g/mol. The maximum atomic E-state index is 12.8. The molecule has 3 rings (SSSR count). The quantitative estimate of drug-likeness (QED) is 0.685. The molecule has 2 amide bonds.